The summed E-state index contributed by atoms with van der Waals surface area (Å²) in [5.41, 5.74) is 3.45. The van der Waals surface area contributed by atoms with Crippen molar-refractivity contribution in [2.45, 2.75) is 38.5 Å². The highest BCUT2D eigenvalue weighted by atomic mass is 32.2. The van der Waals surface area contributed by atoms with Crippen LogP contribution in [0.15, 0.2) is 57.9 Å². The molecule has 3 rings (SSSR count). The number of carbonyl (C=O) groups is 1. The smallest absolute Gasteiger partial charge is 0.240 e. The largest absolute Gasteiger partial charge is 0.354 e. The summed E-state index contributed by atoms with van der Waals surface area (Å²) < 4.78 is 34.0. The van der Waals surface area contributed by atoms with Gasteiger partial charge >= 0.3 is 0 Å². The molecule has 1 atom stereocenters. The van der Waals surface area contributed by atoms with Gasteiger partial charge < -0.3 is 9.84 Å². The Morgan fingerprint density at radius 2 is 1.84 bits per heavy atom. The maximum atomic E-state index is 13.0. The Morgan fingerprint density at radius 3 is 2.53 bits per heavy atom. The topological polar surface area (TPSA) is 101 Å². The minimum atomic E-state index is -3.70. The van der Waals surface area contributed by atoms with Crippen molar-refractivity contribution in [3.63, 3.8) is 0 Å². The predicted molar refractivity (Wildman–Crippen MR) is 126 cm³/mol. The first-order valence-electron chi connectivity index (χ1n) is 10.2. The Labute approximate surface area is 188 Å². The second kappa shape index (κ2) is 9.93. The molecule has 0 saturated carbocycles. The van der Waals surface area contributed by atoms with Crippen LogP contribution < -0.4 is 10.0 Å². The molecule has 7 nitrogen and oxygen atoms in total. The lowest BCUT2D eigenvalue weighted by Crippen LogP contribution is -2.28. The Balaban J connectivity index is 1.79. The van der Waals surface area contributed by atoms with Crippen LogP contribution in [0, 0.1) is 13.8 Å². The van der Waals surface area contributed by atoms with Crippen molar-refractivity contribution in [1.29, 1.82) is 0 Å². The first kappa shape index (κ1) is 23.4. The number of hydrogen-bond acceptors (Lipinski definition) is 5. The van der Waals surface area contributed by atoms with Gasteiger partial charge in [0.15, 0.2) is 5.76 Å². The molecule has 0 fully saturated rings. The van der Waals surface area contributed by atoms with Gasteiger partial charge in [0.05, 0.1) is 4.90 Å². The number of nitrogens with zero attached hydrogens (tertiary/aromatic N) is 1. The monoisotopic (exact) mass is 453 g/mol. The van der Waals surface area contributed by atoms with Gasteiger partial charge in [-0.3, -0.25) is 4.79 Å². The molecule has 1 aromatic heterocycles. The van der Waals surface area contributed by atoms with E-state index in [1.165, 1.54) is 6.92 Å². The Hall–Kier alpha value is -3.23. The van der Waals surface area contributed by atoms with Crippen molar-refractivity contribution in [2.75, 3.05) is 11.9 Å². The average Bonchev–Trinajstić information content (AvgIpc) is 3.10. The van der Waals surface area contributed by atoms with E-state index < -0.39 is 10.0 Å². The molecule has 0 spiro atoms. The summed E-state index contributed by atoms with van der Waals surface area (Å²) in [4.78, 5) is 11.6. The van der Waals surface area contributed by atoms with Gasteiger partial charge in [0.1, 0.15) is 11.4 Å². The number of hydrogen-bond donors (Lipinski definition) is 2. The van der Waals surface area contributed by atoms with E-state index in [2.05, 4.69) is 15.2 Å². The molecule has 1 unspecified atom stereocenters. The van der Waals surface area contributed by atoms with Crippen LogP contribution in [0.5, 0.6) is 0 Å². The summed E-state index contributed by atoms with van der Waals surface area (Å²) in [7, 11) is -3.70. The van der Waals surface area contributed by atoms with E-state index in [-0.39, 0.29) is 16.7 Å². The lowest BCUT2D eigenvalue weighted by molar-refractivity contribution is -0.114. The van der Waals surface area contributed by atoms with Crippen LogP contribution in [-0.2, 0) is 14.8 Å². The Bertz CT molecular complexity index is 1230. The maximum absolute atomic E-state index is 13.0. The molecule has 2 N–H and O–H groups in total. The van der Waals surface area contributed by atoms with E-state index in [9.17, 15) is 13.2 Å². The zero-order valence-corrected chi connectivity index (χ0v) is 19.4. The quantitative estimate of drug-likeness (QED) is 0.523. The first-order valence-corrected chi connectivity index (χ1v) is 11.7. The van der Waals surface area contributed by atoms with Crippen molar-refractivity contribution in [3.05, 3.63) is 76.7 Å². The van der Waals surface area contributed by atoms with Crippen LogP contribution in [0.25, 0.3) is 12.2 Å². The van der Waals surface area contributed by atoms with Crippen molar-refractivity contribution < 1.29 is 17.7 Å². The summed E-state index contributed by atoms with van der Waals surface area (Å²) in [6.45, 7) is 7.17. The van der Waals surface area contributed by atoms with E-state index >= 15 is 0 Å². The van der Waals surface area contributed by atoms with Crippen LogP contribution in [0.3, 0.4) is 0 Å². The standard InChI is InChI=1S/C24H27N3O4S/c1-16-10-11-20(12-13-22-24(26-19(4)28)18(3)27-31-22)14-23(16)32(29,30)25-15-17(2)21-8-6-5-7-9-21/h5-14,17,25H,15H2,1-4H3,(H,26,28)/b13-12-. The molecule has 1 heterocycles. The number of aromatic nitrogens is 1. The number of amides is 1. The molecule has 3 aromatic rings. The molecule has 168 valence electrons. The normalized spacial score (nSPS) is 12.8. The van der Waals surface area contributed by atoms with Crippen LogP contribution in [0.1, 0.15) is 47.9 Å². The molecule has 32 heavy (non-hydrogen) atoms. The van der Waals surface area contributed by atoms with Crippen LogP contribution in [0.4, 0.5) is 5.69 Å². The zero-order valence-electron chi connectivity index (χ0n) is 18.5. The summed E-state index contributed by atoms with van der Waals surface area (Å²) in [6.07, 6.45) is 3.37. The molecule has 2 aromatic carbocycles. The molecule has 0 bridgehead atoms. The van der Waals surface area contributed by atoms with Crippen molar-refractivity contribution in [1.82, 2.24) is 9.88 Å². The number of rotatable bonds is 8. The number of aryl methyl sites for hydroxylation is 2. The number of anilines is 1. The molecule has 0 aliphatic heterocycles. The first-order chi connectivity index (χ1) is 15.2. The fraction of sp³-hybridized carbons (Fsp3) is 0.250. The van der Waals surface area contributed by atoms with Crippen LogP contribution >= 0.6 is 0 Å². The van der Waals surface area contributed by atoms with Gasteiger partial charge in [-0.05, 0) is 48.6 Å². The minimum Gasteiger partial charge on any atom is -0.354 e. The van der Waals surface area contributed by atoms with Gasteiger partial charge in [-0.25, -0.2) is 13.1 Å². The summed E-state index contributed by atoms with van der Waals surface area (Å²) in [5.74, 6) is 0.194. The second-order valence-electron chi connectivity index (χ2n) is 7.71. The number of carbonyl (C=O) groups excluding carboxylic acids is 1. The van der Waals surface area contributed by atoms with Gasteiger partial charge in [-0.1, -0.05) is 60.6 Å². The molecule has 0 aliphatic rings. The highest BCUT2D eigenvalue weighted by Crippen LogP contribution is 2.24. The van der Waals surface area contributed by atoms with Crippen molar-refractivity contribution in [3.8, 4) is 0 Å². The predicted octanol–water partition coefficient (Wildman–Crippen LogP) is 4.50. The summed E-state index contributed by atoms with van der Waals surface area (Å²) >= 11 is 0. The highest BCUT2D eigenvalue weighted by Gasteiger charge is 2.19. The Kier molecular flexibility index (Phi) is 7.27. The third-order valence-electron chi connectivity index (χ3n) is 5.07. The van der Waals surface area contributed by atoms with Gasteiger partial charge in [0.2, 0.25) is 15.9 Å². The second-order valence-corrected chi connectivity index (χ2v) is 9.45. The van der Waals surface area contributed by atoms with E-state index in [1.54, 1.807) is 38.1 Å². The zero-order chi connectivity index (χ0) is 23.3. The molecule has 0 saturated heterocycles. The summed E-state index contributed by atoms with van der Waals surface area (Å²) in [5, 5.41) is 6.56. The minimum absolute atomic E-state index is 0.0382. The van der Waals surface area contributed by atoms with E-state index in [0.29, 0.717) is 34.8 Å². The van der Waals surface area contributed by atoms with Gasteiger partial charge in [0, 0.05) is 13.5 Å². The molecule has 8 heteroatoms. The highest BCUT2D eigenvalue weighted by molar-refractivity contribution is 7.89. The van der Waals surface area contributed by atoms with E-state index in [0.717, 1.165) is 5.56 Å². The summed E-state index contributed by atoms with van der Waals surface area (Å²) in [6, 6.07) is 15.0. The lowest BCUT2D eigenvalue weighted by atomic mass is 10.0. The number of benzene rings is 2. The van der Waals surface area contributed by atoms with E-state index in [1.807, 2.05) is 43.3 Å². The number of nitrogens with one attached hydrogen (secondary N) is 2. The third kappa shape index (κ3) is 5.72. The molecule has 0 aliphatic carbocycles. The fourth-order valence-electron chi connectivity index (χ4n) is 3.22. The fourth-order valence-corrected chi connectivity index (χ4v) is 4.63. The van der Waals surface area contributed by atoms with Gasteiger partial charge in [-0.15, -0.1) is 0 Å². The van der Waals surface area contributed by atoms with Crippen LogP contribution in [0.2, 0.25) is 0 Å². The van der Waals surface area contributed by atoms with Crippen molar-refractivity contribution in [2.24, 2.45) is 0 Å². The molecule has 1 amide bonds. The van der Waals surface area contributed by atoms with Gasteiger partial charge in [-0.2, -0.15) is 0 Å². The maximum Gasteiger partial charge on any atom is 0.240 e. The number of sulfonamides is 1. The van der Waals surface area contributed by atoms with Gasteiger partial charge in [0.25, 0.3) is 0 Å². The molecular weight excluding hydrogens is 426 g/mol. The van der Waals surface area contributed by atoms with Crippen molar-refractivity contribution >= 4 is 33.8 Å². The average molecular weight is 454 g/mol. The SMILES string of the molecule is CC(=O)Nc1c(C)noc1/C=C\c1ccc(C)c(S(=O)(=O)NCC(C)c2ccccc2)c1. The van der Waals surface area contributed by atoms with E-state index in [4.69, 9.17) is 4.52 Å². The Morgan fingerprint density at radius 1 is 1.12 bits per heavy atom. The lowest BCUT2D eigenvalue weighted by Gasteiger charge is -2.15. The third-order valence-corrected chi connectivity index (χ3v) is 6.63. The molecule has 0 radical (unpaired) electrons. The molecular formula is C24H27N3O4S. The van der Waals surface area contributed by atoms with Crippen LogP contribution in [-0.4, -0.2) is 26.0 Å².